The predicted octanol–water partition coefficient (Wildman–Crippen LogP) is 0.712. The Hall–Kier alpha value is -3.37. The Kier molecular flexibility index (Phi) is 6.74. The fraction of sp³-hybridized carbons (Fsp3) is 0.353. The van der Waals surface area contributed by atoms with Crippen LogP contribution in [0.3, 0.4) is 0 Å². The van der Waals surface area contributed by atoms with Crippen molar-refractivity contribution in [3.05, 3.63) is 47.3 Å². The molecule has 0 aliphatic rings. The minimum absolute atomic E-state index is 0.0639. The Labute approximate surface area is 158 Å². The largest absolute Gasteiger partial charge is 0.480 e. The lowest BCUT2D eigenvalue weighted by atomic mass is 10.0. The number of carbonyl (C=O) groups is 3. The van der Waals surface area contributed by atoms with Crippen molar-refractivity contribution >= 4 is 17.8 Å². The highest BCUT2D eigenvalue weighted by atomic mass is 19.1. The lowest BCUT2D eigenvalue weighted by molar-refractivity contribution is -0.138. The second-order valence-corrected chi connectivity index (χ2v) is 6.31. The quantitative estimate of drug-likeness (QED) is 0.604. The number of carboxylic acid groups (broad SMARTS) is 1. The van der Waals surface area contributed by atoms with Crippen molar-refractivity contribution < 1.29 is 28.3 Å². The Bertz CT molecular complexity index is 864. The standard InChI is InChI=1S/C17H19F2N5O4/c1-9(2)15(21-16(27)14-11(18)4-3-5-12(14)19)17(28)20-6-10-7-24(23-22-10)8-13(25)26/h3-5,7,9,15H,6,8H2,1-2H3,(H,20,28)(H,21,27)(H,25,26). The highest BCUT2D eigenvalue weighted by Gasteiger charge is 2.27. The van der Waals surface area contributed by atoms with Crippen molar-refractivity contribution in [2.45, 2.75) is 33.0 Å². The zero-order chi connectivity index (χ0) is 20.8. The number of aromatic nitrogens is 3. The van der Waals surface area contributed by atoms with Crippen molar-refractivity contribution in [1.29, 1.82) is 0 Å². The summed E-state index contributed by atoms with van der Waals surface area (Å²) in [7, 11) is 0. The molecule has 0 saturated carbocycles. The first kappa shape index (κ1) is 20.9. The molecule has 1 aromatic heterocycles. The lowest BCUT2D eigenvalue weighted by Crippen LogP contribution is -2.49. The molecule has 28 heavy (non-hydrogen) atoms. The van der Waals surface area contributed by atoms with E-state index in [9.17, 15) is 23.2 Å². The highest BCUT2D eigenvalue weighted by molar-refractivity contribution is 5.98. The second kappa shape index (κ2) is 9.02. The van der Waals surface area contributed by atoms with Crippen LogP contribution in [0.25, 0.3) is 0 Å². The van der Waals surface area contributed by atoms with Crippen LogP contribution in [0.1, 0.15) is 29.9 Å². The number of carboxylic acids is 1. The Morgan fingerprint density at radius 1 is 1.21 bits per heavy atom. The van der Waals surface area contributed by atoms with Crippen LogP contribution in [0.15, 0.2) is 24.4 Å². The van der Waals surface area contributed by atoms with Gasteiger partial charge >= 0.3 is 5.97 Å². The van der Waals surface area contributed by atoms with Crippen molar-refractivity contribution in [2.24, 2.45) is 5.92 Å². The fourth-order valence-corrected chi connectivity index (χ4v) is 2.39. The van der Waals surface area contributed by atoms with Crippen LogP contribution in [-0.4, -0.2) is 43.9 Å². The van der Waals surface area contributed by atoms with Gasteiger partial charge in [-0.05, 0) is 18.1 Å². The van der Waals surface area contributed by atoms with Gasteiger partial charge in [-0.2, -0.15) is 0 Å². The number of nitrogens with one attached hydrogen (secondary N) is 2. The van der Waals surface area contributed by atoms with Crippen molar-refractivity contribution in [3.8, 4) is 0 Å². The average molecular weight is 395 g/mol. The molecule has 3 N–H and O–H groups in total. The first-order valence-corrected chi connectivity index (χ1v) is 8.32. The molecule has 0 radical (unpaired) electrons. The maximum absolute atomic E-state index is 13.8. The summed E-state index contributed by atoms with van der Waals surface area (Å²) >= 11 is 0. The summed E-state index contributed by atoms with van der Waals surface area (Å²) in [5.41, 5.74) is -0.457. The first-order chi connectivity index (χ1) is 13.2. The van der Waals surface area contributed by atoms with Gasteiger partial charge in [-0.1, -0.05) is 25.1 Å². The van der Waals surface area contributed by atoms with E-state index in [-0.39, 0.29) is 19.0 Å². The minimum atomic E-state index is -1.09. The number of carbonyl (C=O) groups excluding carboxylic acids is 2. The van der Waals surface area contributed by atoms with Gasteiger partial charge in [0.2, 0.25) is 5.91 Å². The predicted molar refractivity (Wildman–Crippen MR) is 92.0 cm³/mol. The number of hydrogen-bond acceptors (Lipinski definition) is 5. The Morgan fingerprint density at radius 2 is 1.86 bits per heavy atom. The molecule has 0 fully saturated rings. The fourth-order valence-electron chi connectivity index (χ4n) is 2.39. The molecule has 0 aliphatic heterocycles. The molecule has 1 unspecified atom stereocenters. The van der Waals surface area contributed by atoms with Gasteiger partial charge in [0.15, 0.2) is 0 Å². The molecular formula is C17H19F2N5O4. The van der Waals surface area contributed by atoms with Crippen LogP contribution in [0, 0.1) is 17.6 Å². The zero-order valence-corrected chi connectivity index (χ0v) is 15.1. The summed E-state index contributed by atoms with van der Waals surface area (Å²) in [6, 6.07) is 1.97. The molecule has 0 spiro atoms. The van der Waals surface area contributed by atoms with Crippen molar-refractivity contribution in [1.82, 2.24) is 25.6 Å². The smallest absolute Gasteiger partial charge is 0.325 e. The molecular weight excluding hydrogens is 376 g/mol. The number of aliphatic carboxylic acids is 1. The summed E-state index contributed by atoms with van der Waals surface area (Å²) in [4.78, 5) is 35.3. The SMILES string of the molecule is CC(C)C(NC(=O)c1c(F)cccc1F)C(=O)NCc1cn(CC(=O)O)nn1. The van der Waals surface area contributed by atoms with Crippen molar-refractivity contribution in [2.75, 3.05) is 0 Å². The lowest BCUT2D eigenvalue weighted by Gasteiger charge is -2.21. The number of halogens is 2. The van der Waals surface area contributed by atoms with Gasteiger partial charge in [0, 0.05) is 0 Å². The minimum Gasteiger partial charge on any atom is -0.480 e. The molecule has 11 heteroatoms. The van der Waals surface area contributed by atoms with Crippen LogP contribution in [0.2, 0.25) is 0 Å². The molecule has 2 aromatic rings. The number of nitrogens with zero attached hydrogens (tertiary/aromatic N) is 3. The Balaban J connectivity index is 2.03. The van der Waals surface area contributed by atoms with Crippen LogP contribution in [0.4, 0.5) is 8.78 Å². The number of benzene rings is 1. The second-order valence-electron chi connectivity index (χ2n) is 6.31. The van der Waals surface area contributed by atoms with Crippen LogP contribution >= 0.6 is 0 Å². The van der Waals surface area contributed by atoms with E-state index < -0.39 is 41.0 Å². The summed E-state index contributed by atoms with van der Waals surface area (Å²) in [6.07, 6.45) is 1.35. The summed E-state index contributed by atoms with van der Waals surface area (Å²) in [5, 5.41) is 20.9. The maximum atomic E-state index is 13.8. The van der Waals surface area contributed by atoms with Gasteiger partial charge < -0.3 is 15.7 Å². The van der Waals surface area contributed by atoms with Crippen molar-refractivity contribution in [3.63, 3.8) is 0 Å². The molecule has 2 amide bonds. The van der Waals surface area contributed by atoms with Gasteiger partial charge in [0.05, 0.1) is 12.7 Å². The molecule has 0 aliphatic carbocycles. The van der Waals surface area contributed by atoms with E-state index in [0.29, 0.717) is 5.69 Å². The molecule has 150 valence electrons. The van der Waals surface area contributed by atoms with Crippen LogP contribution in [-0.2, 0) is 22.7 Å². The summed E-state index contributed by atoms with van der Waals surface area (Å²) < 4.78 is 28.6. The Morgan fingerprint density at radius 3 is 2.43 bits per heavy atom. The van der Waals surface area contributed by atoms with Crippen LogP contribution in [0.5, 0.6) is 0 Å². The normalized spacial score (nSPS) is 11.9. The molecule has 2 rings (SSSR count). The van der Waals surface area contributed by atoms with E-state index in [1.807, 2.05) is 0 Å². The van der Waals surface area contributed by atoms with Crippen LogP contribution < -0.4 is 10.6 Å². The zero-order valence-electron chi connectivity index (χ0n) is 15.1. The average Bonchev–Trinajstić information content (AvgIpc) is 3.03. The third-order valence-corrected chi connectivity index (χ3v) is 3.75. The van der Waals surface area contributed by atoms with Gasteiger partial charge in [-0.3, -0.25) is 14.4 Å². The number of amides is 2. The molecule has 0 bridgehead atoms. The number of rotatable bonds is 8. The summed E-state index contributed by atoms with van der Waals surface area (Å²) in [6.45, 7) is 2.88. The monoisotopic (exact) mass is 395 g/mol. The van der Waals surface area contributed by atoms with E-state index in [0.717, 1.165) is 22.9 Å². The maximum Gasteiger partial charge on any atom is 0.325 e. The van der Waals surface area contributed by atoms with Gasteiger partial charge in [-0.25, -0.2) is 13.5 Å². The molecule has 1 atom stereocenters. The van der Waals surface area contributed by atoms with E-state index in [1.54, 1.807) is 13.8 Å². The van der Waals surface area contributed by atoms with E-state index >= 15 is 0 Å². The van der Waals surface area contributed by atoms with E-state index in [4.69, 9.17) is 5.11 Å². The molecule has 1 aromatic carbocycles. The topological polar surface area (TPSA) is 126 Å². The number of hydrogen-bond donors (Lipinski definition) is 3. The molecule has 0 saturated heterocycles. The summed E-state index contributed by atoms with van der Waals surface area (Å²) in [5.74, 6) is -5.17. The third-order valence-electron chi connectivity index (χ3n) is 3.75. The highest BCUT2D eigenvalue weighted by Crippen LogP contribution is 2.13. The van der Waals surface area contributed by atoms with E-state index in [2.05, 4.69) is 20.9 Å². The molecule has 9 nitrogen and oxygen atoms in total. The third kappa shape index (κ3) is 5.32. The van der Waals surface area contributed by atoms with E-state index in [1.165, 1.54) is 6.20 Å². The first-order valence-electron chi connectivity index (χ1n) is 8.32. The van der Waals surface area contributed by atoms with Gasteiger partial charge in [0.25, 0.3) is 5.91 Å². The van der Waals surface area contributed by atoms with Gasteiger partial charge in [-0.15, -0.1) is 5.10 Å². The molecule has 1 heterocycles. The van der Waals surface area contributed by atoms with Gasteiger partial charge in [0.1, 0.15) is 35.5 Å².